The van der Waals surface area contributed by atoms with Crippen LogP contribution < -0.4 is 0 Å². The molecule has 0 aliphatic carbocycles. The summed E-state index contributed by atoms with van der Waals surface area (Å²) in [5.41, 5.74) is 0. The minimum Gasteiger partial charge on any atom is -0.229 e. The zero-order valence-corrected chi connectivity index (χ0v) is 8.98. The fourth-order valence-corrected chi connectivity index (χ4v) is 0.612. The molecular weight excluding hydrogens is 174 g/mol. The van der Waals surface area contributed by atoms with Crippen LogP contribution in [0.25, 0.3) is 0 Å². The van der Waals surface area contributed by atoms with E-state index in [1.165, 1.54) is 0 Å². The standard InChI is InChI=1S/C4H7N.C4H10O2S/c1-4(2)3-5;1-3-7(5,6)4-2/h4H,1-2H3;3-4H2,1-2H3. The third-order valence-corrected chi connectivity index (χ3v) is 2.90. The molecule has 4 heteroatoms. The summed E-state index contributed by atoms with van der Waals surface area (Å²) < 4.78 is 20.7. The van der Waals surface area contributed by atoms with Gasteiger partial charge in [0, 0.05) is 17.4 Å². The molecule has 72 valence electrons. The van der Waals surface area contributed by atoms with E-state index in [1.807, 2.05) is 19.9 Å². The zero-order valence-electron chi connectivity index (χ0n) is 8.16. The van der Waals surface area contributed by atoms with Crippen LogP contribution in [-0.4, -0.2) is 19.9 Å². The molecular formula is C8H17NO2S. The van der Waals surface area contributed by atoms with Crippen molar-refractivity contribution in [2.75, 3.05) is 11.5 Å². The lowest BCUT2D eigenvalue weighted by molar-refractivity contribution is 0.598. The van der Waals surface area contributed by atoms with Gasteiger partial charge in [0.05, 0.1) is 6.07 Å². The summed E-state index contributed by atoms with van der Waals surface area (Å²) in [6.07, 6.45) is 0. The van der Waals surface area contributed by atoms with E-state index in [2.05, 4.69) is 0 Å². The zero-order chi connectivity index (χ0) is 10.2. The number of nitriles is 1. The van der Waals surface area contributed by atoms with Gasteiger partial charge in [-0.15, -0.1) is 0 Å². The summed E-state index contributed by atoms with van der Waals surface area (Å²) in [6, 6.07) is 2.03. The predicted octanol–water partition coefficient (Wildman–Crippen LogP) is 1.61. The Bertz CT molecular complexity index is 214. The Hall–Kier alpha value is -0.560. The molecule has 0 heterocycles. The van der Waals surface area contributed by atoms with Crippen molar-refractivity contribution in [2.24, 2.45) is 5.92 Å². The number of hydrogen-bond donors (Lipinski definition) is 0. The molecule has 0 aromatic heterocycles. The molecule has 0 atom stereocenters. The van der Waals surface area contributed by atoms with Crippen molar-refractivity contribution in [2.45, 2.75) is 27.7 Å². The number of rotatable bonds is 2. The molecule has 0 N–H and O–H groups in total. The van der Waals surface area contributed by atoms with E-state index < -0.39 is 9.84 Å². The van der Waals surface area contributed by atoms with Gasteiger partial charge < -0.3 is 0 Å². The highest BCUT2D eigenvalue weighted by Crippen LogP contribution is 1.84. The van der Waals surface area contributed by atoms with E-state index >= 15 is 0 Å². The second-order valence-electron chi connectivity index (χ2n) is 2.60. The SMILES string of the molecule is CC(C)C#N.CCS(=O)(=O)CC. The van der Waals surface area contributed by atoms with Crippen molar-refractivity contribution >= 4 is 9.84 Å². The molecule has 0 radical (unpaired) electrons. The van der Waals surface area contributed by atoms with E-state index in [9.17, 15) is 8.42 Å². The fourth-order valence-electron chi connectivity index (χ4n) is 0.204. The highest BCUT2D eigenvalue weighted by molar-refractivity contribution is 7.91. The molecule has 0 amide bonds. The van der Waals surface area contributed by atoms with Crippen LogP contribution in [0.5, 0.6) is 0 Å². The van der Waals surface area contributed by atoms with Gasteiger partial charge in [0.25, 0.3) is 0 Å². The monoisotopic (exact) mass is 191 g/mol. The highest BCUT2D eigenvalue weighted by atomic mass is 32.2. The lowest BCUT2D eigenvalue weighted by Gasteiger charge is -1.89. The van der Waals surface area contributed by atoms with Crippen LogP contribution in [0.2, 0.25) is 0 Å². The maximum atomic E-state index is 10.4. The van der Waals surface area contributed by atoms with Gasteiger partial charge in [0.2, 0.25) is 0 Å². The quantitative estimate of drug-likeness (QED) is 0.666. The lowest BCUT2D eigenvalue weighted by Crippen LogP contribution is -2.04. The van der Waals surface area contributed by atoms with Gasteiger partial charge >= 0.3 is 0 Å². The first-order valence-corrected chi connectivity index (χ1v) is 5.81. The summed E-state index contributed by atoms with van der Waals surface area (Å²) in [7, 11) is -2.66. The molecule has 0 spiro atoms. The van der Waals surface area contributed by atoms with Gasteiger partial charge in [-0.25, -0.2) is 8.42 Å². The molecule has 0 aromatic rings. The van der Waals surface area contributed by atoms with Crippen molar-refractivity contribution in [3.8, 4) is 6.07 Å². The molecule has 0 saturated heterocycles. The van der Waals surface area contributed by atoms with Gasteiger partial charge in [-0.05, 0) is 13.8 Å². The normalized spacial score (nSPS) is 10.0. The molecule has 0 rings (SSSR count). The number of nitrogens with zero attached hydrogens (tertiary/aromatic N) is 1. The summed E-state index contributed by atoms with van der Waals surface area (Å²) in [4.78, 5) is 0. The maximum absolute atomic E-state index is 10.4. The molecule has 0 aliphatic heterocycles. The Morgan fingerprint density at radius 1 is 1.25 bits per heavy atom. The van der Waals surface area contributed by atoms with Crippen molar-refractivity contribution in [3.05, 3.63) is 0 Å². The van der Waals surface area contributed by atoms with Crippen molar-refractivity contribution in [3.63, 3.8) is 0 Å². The molecule has 0 aliphatic rings. The van der Waals surface area contributed by atoms with Crippen LogP contribution in [0.3, 0.4) is 0 Å². The van der Waals surface area contributed by atoms with Crippen LogP contribution >= 0.6 is 0 Å². The Morgan fingerprint density at radius 2 is 1.50 bits per heavy atom. The average Bonchev–Trinajstić information content (AvgIpc) is 2.05. The summed E-state index contributed by atoms with van der Waals surface area (Å²) in [5, 5.41) is 7.89. The molecule has 12 heavy (non-hydrogen) atoms. The number of sulfone groups is 1. The molecule has 0 saturated carbocycles. The van der Waals surface area contributed by atoms with E-state index in [0.29, 0.717) is 0 Å². The van der Waals surface area contributed by atoms with Crippen molar-refractivity contribution < 1.29 is 8.42 Å². The minimum absolute atomic E-state index is 0.190. The van der Waals surface area contributed by atoms with Crippen LogP contribution in [-0.2, 0) is 9.84 Å². The molecule has 0 fully saturated rings. The van der Waals surface area contributed by atoms with E-state index in [0.717, 1.165) is 0 Å². The first kappa shape index (κ1) is 14.0. The van der Waals surface area contributed by atoms with E-state index in [1.54, 1.807) is 13.8 Å². The summed E-state index contributed by atoms with van der Waals surface area (Å²) in [5.74, 6) is 0.725. The predicted molar refractivity (Wildman–Crippen MR) is 50.5 cm³/mol. The van der Waals surface area contributed by atoms with Crippen LogP contribution in [0.4, 0.5) is 0 Å². The first-order valence-electron chi connectivity index (χ1n) is 3.99. The molecule has 0 aromatic carbocycles. The highest BCUT2D eigenvalue weighted by Gasteiger charge is 1.99. The van der Waals surface area contributed by atoms with Gasteiger partial charge in [-0.3, -0.25) is 0 Å². The fraction of sp³-hybridized carbons (Fsp3) is 0.875. The van der Waals surface area contributed by atoms with Gasteiger partial charge in [-0.1, -0.05) is 13.8 Å². The van der Waals surface area contributed by atoms with Gasteiger partial charge in [0.1, 0.15) is 9.84 Å². The largest absolute Gasteiger partial charge is 0.229 e. The lowest BCUT2D eigenvalue weighted by atomic mass is 10.3. The Morgan fingerprint density at radius 3 is 1.50 bits per heavy atom. The van der Waals surface area contributed by atoms with Gasteiger partial charge in [0.15, 0.2) is 0 Å². The second-order valence-corrected chi connectivity index (χ2v) is 5.25. The third-order valence-electron chi connectivity index (χ3n) is 1.14. The van der Waals surface area contributed by atoms with E-state index in [4.69, 9.17) is 5.26 Å². The van der Waals surface area contributed by atoms with Crippen molar-refractivity contribution in [1.29, 1.82) is 5.26 Å². The van der Waals surface area contributed by atoms with Gasteiger partial charge in [-0.2, -0.15) is 5.26 Å². The Kier molecular flexibility index (Phi) is 8.29. The molecule has 3 nitrogen and oxygen atoms in total. The molecule has 0 unspecified atom stereocenters. The smallest absolute Gasteiger partial charge is 0.149 e. The molecule has 0 bridgehead atoms. The summed E-state index contributed by atoms with van der Waals surface area (Å²) >= 11 is 0. The second kappa shape index (κ2) is 7.11. The number of hydrogen-bond acceptors (Lipinski definition) is 3. The summed E-state index contributed by atoms with van der Waals surface area (Å²) in [6.45, 7) is 7.03. The van der Waals surface area contributed by atoms with Crippen LogP contribution in [0, 0.1) is 17.2 Å². The Balaban J connectivity index is 0. The topological polar surface area (TPSA) is 57.9 Å². The minimum atomic E-state index is -2.66. The average molecular weight is 191 g/mol. The van der Waals surface area contributed by atoms with Crippen LogP contribution in [0.15, 0.2) is 0 Å². The maximum Gasteiger partial charge on any atom is 0.149 e. The van der Waals surface area contributed by atoms with E-state index in [-0.39, 0.29) is 17.4 Å². The third kappa shape index (κ3) is 12.1. The van der Waals surface area contributed by atoms with Crippen LogP contribution in [0.1, 0.15) is 27.7 Å². The Labute approximate surface area is 75.3 Å². The first-order chi connectivity index (χ1) is 5.39. The van der Waals surface area contributed by atoms with Crippen molar-refractivity contribution in [1.82, 2.24) is 0 Å².